The van der Waals surface area contributed by atoms with E-state index in [0.717, 1.165) is 17.0 Å². The molecule has 0 fully saturated rings. The van der Waals surface area contributed by atoms with Gasteiger partial charge in [-0.25, -0.2) is 0 Å². The second-order valence-corrected chi connectivity index (χ2v) is 4.99. The number of rotatable bonds is 5. The Morgan fingerprint density at radius 2 is 2.10 bits per heavy atom. The molecule has 1 N–H and O–H groups in total. The van der Waals surface area contributed by atoms with Gasteiger partial charge in [-0.05, 0) is 31.9 Å². The maximum atomic E-state index is 10.6. The van der Waals surface area contributed by atoms with Crippen molar-refractivity contribution in [3.8, 4) is 11.5 Å². The van der Waals surface area contributed by atoms with E-state index in [1.807, 2.05) is 32.9 Å². The second-order valence-electron chi connectivity index (χ2n) is 4.99. The molecule has 0 saturated heterocycles. The van der Waals surface area contributed by atoms with Crippen LogP contribution < -0.4 is 0 Å². The van der Waals surface area contributed by atoms with Crippen LogP contribution in [0.5, 0.6) is 0 Å². The number of nitrogens with zero attached hydrogens (tertiary/aromatic N) is 3. The number of aryl methyl sites for hydroxylation is 2. The van der Waals surface area contributed by atoms with Crippen LogP contribution in [0.15, 0.2) is 16.5 Å². The molecule has 2 aromatic rings. The third-order valence-electron chi connectivity index (χ3n) is 2.97. The molecule has 0 saturated carbocycles. The maximum Gasteiger partial charge on any atom is 0.303 e. The summed E-state index contributed by atoms with van der Waals surface area (Å²) in [6, 6.07) is 3.79. The van der Waals surface area contributed by atoms with Gasteiger partial charge in [-0.2, -0.15) is 0 Å². The summed E-state index contributed by atoms with van der Waals surface area (Å²) in [6.45, 7) is 5.65. The Bertz CT molecular complexity index is 622. The van der Waals surface area contributed by atoms with Gasteiger partial charge in [-0.1, -0.05) is 6.92 Å². The SMILES string of the molecule is Cc1ccc(-c2nnc(CC(C)CC(=O)O)o2)c(C)n1. The lowest BCUT2D eigenvalue weighted by atomic mass is 10.0. The van der Waals surface area contributed by atoms with Crippen molar-refractivity contribution in [2.45, 2.75) is 33.6 Å². The van der Waals surface area contributed by atoms with Gasteiger partial charge in [-0.3, -0.25) is 9.78 Å². The largest absolute Gasteiger partial charge is 0.481 e. The molecule has 0 bridgehead atoms. The number of hydrogen-bond acceptors (Lipinski definition) is 5. The Hall–Kier alpha value is -2.24. The molecule has 0 spiro atoms. The van der Waals surface area contributed by atoms with Gasteiger partial charge in [0.15, 0.2) is 0 Å². The second kappa shape index (κ2) is 5.81. The third kappa shape index (κ3) is 3.40. The standard InChI is InChI=1S/C14H17N3O3/c1-8(7-13(18)19)6-12-16-17-14(20-12)11-5-4-9(2)15-10(11)3/h4-5,8H,6-7H2,1-3H3,(H,18,19). The topological polar surface area (TPSA) is 89.1 Å². The minimum absolute atomic E-state index is 0.0435. The van der Waals surface area contributed by atoms with Crippen LogP contribution >= 0.6 is 0 Å². The summed E-state index contributed by atoms with van der Waals surface area (Å²) in [5, 5.41) is 16.7. The molecule has 1 unspecified atom stereocenters. The Balaban J connectivity index is 2.14. The zero-order chi connectivity index (χ0) is 14.7. The lowest BCUT2D eigenvalue weighted by Crippen LogP contribution is -2.07. The summed E-state index contributed by atoms with van der Waals surface area (Å²) >= 11 is 0. The van der Waals surface area contributed by atoms with Crippen LogP contribution in [0.25, 0.3) is 11.5 Å². The average Bonchev–Trinajstić information content (AvgIpc) is 2.75. The molecule has 0 aromatic carbocycles. The monoisotopic (exact) mass is 275 g/mol. The van der Waals surface area contributed by atoms with Gasteiger partial charge in [0.05, 0.1) is 11.3 Å². The van der Waals surface area contributed by atoms with Gasteiger partial charge in [0, 0.05) is 18.5 Å². The highest BCUT2D eigenvalue weighted by molar-refractivity contribution is 5.67. The highest BCUT2D eigenvalue weighted by Crippen LogP contribution is 2.22. The van der Waals surface area contributed by atoms with E-state index in [4.69, 9.17) is 9.52 Å². The molecule has 6 nitrogen and oxygen atoms in total. The predicted octanol–water partition coefficient (Wildman–Crippen LogP) is 2.40. The van der Waals surface area contributed by atoms with Crippen molar-refractivity contribution in [3.05, 3.63) is 29.4 Å². The Morgan fingerprint density at radius 3 is 2.75 bits per heavy atom. The summed E-state index contributed by atoms with van der Waals surface area (Å²) in [4.78, 5) is 15.0. The normalized spacial score (nSPS) is 12.3. The minimum atomic E-state index is -0.823. The highest BCUT2D eigenvalue weighted by atomic mass is 16.4. The van der Waals surface area contributed by atoms with Crippen LogP contribution in [0.2, 0.25) is 0 Å². The number of carbonyl (C=O) groups is 1. The van der Waals surface area contributed by atoms with Crippen molar-refractivity contribution in [1.82, 2.24) is 15.2 Å². The third-order valence-corrected chi connectivity index (χ3v) is 2.97. The Morgan fingerprint density at radius 1 is 1.35 bits per heavy atom. The Kier molecular flexibility index (Phi) is 4.12. The number of aromatic nitrogens is 3. The molecule has 2 aromatic heterocycles. The van der Waals surface area contributed by atoms with Crippen LogP contribution in [0, 0.1) is 19.8 Å². The van der Waals surface area contributed by atoms with E-state index in [9.17, 15) is 4.79 Å². The number of carboxylic acids is 1. The van der Waals surface area contributed by atoms with E-state index in [0.29, 0.717) is 18.2 Å². The van der Waals surface area contributed by atoms with Crippen molar-refractivity contribution in [1.29, 1.82) is 0 Å². The van der Waals surface area contributed by atoms with E-state index in [1.54, 1.807) is 0 Å². The van der Waals surface area contributed by atoms with Crippen LogP contribution in [0.1, 0.15) is 30.6 Å². The van der Waals surface area contributed by atoms with E-state index < -0.39 is 5.97 Å². The van der Waals surface area contributed by atoms with Gasteiger partial charge in [0.1, 0.15) is 0 Å². The van der Waals surface area contributed by atoms with Gasteiger partial charge < -0.3 is 9.52 Å². The first-order valence-corrected chi connectivity index (χ1v) is 6.44. The zero-order valence-electron chi connectivity index (χ0n) is 11.8. The predicted molar refractivity (Wildman–Crippen MR) is 72.1 cm³/mol. The first kappa shape index (κ1) is 14.2. The lowest BCUT2D eigenvalue weighted by molar-refractivity contribution is -0.137. The van der Waals surface area contributed by atoms with E-state index >= 15 is 0 Å². The van der Waals surface area contributed by atoms with Crippen molar-refractivity contribution in [2.24, 2.45) is 5.92 Å². The van der Waals surface area contributed by atoms with Gasteiger partial charge in [0.2, 0.25) is 11.8 Å². The molecule has 0 aliphatic rings. The van der Waals surface area contributed by atoms with E-state index in [1.165, 1.54) is 0 Å². The molecule has 0 aliphatic heterocycles. The summed E-state index contributed by atoms with van der Waals surface area (Å²) in [7, 11) is 0. The molecule has 2 heterocycles. The van der Waals surface area contributed by atoms with Crippen molar-refractivity contribution < 1.29 is 14.3 Å². The fourth-order valence-electron chi connectivity index (χ4n) is 2.03. The fraction of sp³-hybridized carbons (Fsp3) is 0.429. The molecule has 0 radical (unpaired) electrons. The molecular formula is C14H17N3O3. The molecule has 2 rings (SSSR count). The van der Waals surface area contributed by atoms with Crippen LogP contribution in [-0.4, -0.2) is 26.3 Å². The van der Waals surface area contributed by atoms with Crippen LogP contribution in [0.3, 0.4) is 0 Å². The number of hydrogen-bond donors (Lipinski definition) is 1. The smallest absolute Gasteiger partial charge is 0.303 e. The highest BCUT2D eigenvalue weighted by Gasteiger charge is 2.15. The van der Waals surface area contributed by atoms with Crippen LogP contribution in [0.4, 0.5) is 0 Å². The minimum Gasteiger partial charge on any atom is -0.481 e. The summed E-state index contributed by atoms with van der Waals surface area (Å²) in [5.74, 6) is 0.00936. The lowest BCUT2D eigenvalue weighted by Gasteiger charge is -2.04. The zero-order valence-corrected chi connectivity index (χ0v) is 11.8. The van der Waals surface area contributed by atoms with Crippen molar-refractivity contribution in [3.63, 3.8) is 0 Å². The molecule has 20 heavy (non-hydrogen) atoms. The number of aliphatic carboxylic acids is 1. The summed E-state index contributed by atoms with van der Waals surface area (Å²) in [5.41, 5.74) is 2.57. The molecule has 0 amide bonds. The van der Waals surface area contributed by atoms with E-state index in [-0.39, 0.29) is 12.3 Å². The average molecular weight is 275 g/mol. The van der Waals surface area contributed by atoms with Gasteiger partial charge >= 0.3 is 5.97 Å². The first-order chi connectivity index (χ1) is 9.45. The van der Waals surface area contributed by atoms with Gasteiger partial charge in [-0.15, -0.1) is 10.2 Å². The summed E-state index contributed by atoms with van der Waals surface area (Å²) in [6.07, 6.45) is 0.542. The van der Waals surface area contributed by atoms with Crippen molar-refractivity contribution >= 4 is 5.97 Å². The quantitative estimate of drug-likeness (QED) is 0.901. The molecule has 106 valence electrons. The summed E-state index contributed by atoms with van der Waals surface area (Å²) < 4.78 is 5.59. The van der Waals surface area contributed by atoms with Crippen LogP contribution in [-0.2, 0) is 11.2 Å². The van der Waals surface area contributed by atoms with E-state index in [2.05, 4.69) is 15.2 Å². The molecule has 1 atom stereocenters. The molecule has 6 heteroatoms. The molecular weight excluding hydrogens is 258 g/mol. The Labute approximate surface area is 116 Å². The fourth-order valence-corrected chi connectivity index (χ4v) is 2.03. The molecule has 0 aliphatic carbocycles. The number of pyridine rings is 1. The maximum absolute atomic E-state index is 10.6. The first-order valence-electron chi connectivity index (χ1n) is 6.44. The van der Waals surface area contributed by atoms with Crippen molar-refractivity contribution in [2.75, 3.05) is 0 Å². The number of carboxylic acid groups (broad SMARTS) is 1. The van der Waals surface area contributed by atoms with Gasteiger partial charge in [0.25, 0.3) is 0 Å².